The summed E-state index contributed by atoms with van der Waals surface area (Å²) in [6.07, 6.45) is 2.56. The molecule has 0 unspecified atom stereocenters. The molecule has 0 aromatic carbocycles. The molecule has 2 amide bonds. The maximum atomic E-state index is 14.0. The molecule has 6 N–H and O–H groups in total. The lowest BCUT2D eigenvalue weighted by Crippen LogP contribution is -2.56. The van der Waals surface area contributed by atoms with Crippen molar-refractivity contribution in [2.24, 2.45) is 17.4 Å². The molecule has 5 rings (SSSR count). The Morgan fingerprint density at radius 3 is 2.51 bits per heavy atom. The van der Waals surface area contributed by atoms with Crippen LogP contribution < -0.4 is 22.3 Å². The molecule has 0 aromatic rings. The summed E-state index contributed by atoms with van der Waals surface area (Å²) in [5.41, 5.74) is 13.3. The monoisotopic (exact) mass is 494 g/mol. The highest BCUT2D eigenvalue weighted by atomic mass is 19.3. The second kappa shape index (κ2) is 6.90. The summed E-state index contributed by atoms with van der Waals surface area (Å²) < 4.78 is 43.8. The molecule has 0 bridgehead atoms. The quantitative estimate of drug-likeness (QED) is 0.192. The maximum absolute atomic E-state index is 14.0. The summed E-state index contributed by atoms with van der Waals surface area (Å²) >= 11 is 0. The van der Waals surface area contributed by atoms with Crippen LogP contribution in [0.4, 0.5) is 18.4 Å². The number of piperazine rings is 1. The number of rotatable bonds is 5. The summed E-state index contributed by atoms with van der Waals surface area (Å²) in [6, 6.07) is -1.49. The van der Waals surface area contributed by atoms with Crippen LogP contribution in [0.3, 0.4) is 0 Å². The number of allylic oxidation sites excluding steroid dienone is 2. The first kappa shape index (κ1) is 23.0. The van der Waals surface area contributed by atoms with E-state index in [0.29, 0.717) is 0 Å². The van der Waals surface area contributed by atoms with Crippen molar-refractivity contribution in [1.82, 2.24) is 20.7 Å². The molecular weight excluding hydrogens is 474 g/mol. The van der Waals surface area contributed by atoms with Crippen molar-refractivity contribution in [2.45, 2.75) is 36.5 Å². The zero-order valence-corrected chi connectivity index (χ0v) is 18.4. The number of fused-ring (bicyclic) bond motifs is 4. The Morgan fingerprint density at radius 1 is 1.31 bits per heavy atom. The molecule has 4 atom stereocenters. The number of alkyl halides is 2. The zero-order valence-electron chi connectivity index (χ0n) is 18.4. The minimum absolute atomic E-state index is 0.00506. The van der Waals surface area contributed by atoms with E-state index in [4.69, 9.17) is 32.1 Å². The largest absolute Gasteiger partial charge is 0.449 e. The number of terminal acetylenes is 1. The van der Waals surface area contributed by atoms with Gasteiger partial charge in [0.25, 0.3) is 0 Å². The van der Waals surface area contributed by atoms with Gasteiger partial charge >= 0.3 is 24.0 Å². The number of hydrogen-bond donors (Lipinski definition) is 4. The number of halogens is 2. The van der Waals surface area contributed by atoms with Gasteiger partial charge in [-0.3, -0.25) is 14.5 Å². The second-order valence-corrected chi connectivity index (χ2v) is 8.65. The number of Topliss-reactive ketones (excluding diaryl/α,β-unsaturated/α-hetero) is 2. The smallest absolute Gasteiger partial charge is 0.413 e. The third-order valence-electron chi connectivity index (χ3n) is 7.11. The van der Waals surface area contributed by atoms with E-state index in [1.54, 1.807) is 0 Å². The predicted molar refractivity (Wildman–Crippen MR) is 108 cm³/mol. The molecule has 5 aliphatic rings. The number of carbonyl (C=O) groups excluding carboxylic acids is 4. The molecule has 0 saturated carbocycles. The predicted octanol–water partition coefficient (Wildman–Crippen LogP) is -1.77. The number of ether oxygens (including phenoxy) is 3. The van der Waals surface area contributed by atoms with Crippen LogP contribution in [0.2, 0.25) is 0 Å². The summed E-state index contributed by atoms with van der Waals surface area (Å²) in [7, 11) is 1.28. The topological polar surface area (TPSA) is 198 Å². The zero-order chi connectivity index (χ0) is 25.7. The van der Waals surface area contributed by atoms with Crippen LogP contribution in [-0.4, -0.2) is 83.4 Å². The van der Waals surface area contributed by atoms with Crippen LogP contribution in [0.5, 0.6) is 0 Å². The standard InChI is InChI=1S/C20H20F2N6O7/c1-4-18(21,22)20(25-26-20)35-17(32)28-9-5-27-12-10(14(30)11(23)7(2)13(12)29)8(6-34-16(24)31)19(27,33-3)15(9)28/h1,8-9,15,25-26H,5-6,23H2,2-3H3,(H2,24,31)/t8-,9+,15+,19-,28?/m1/s1. The van der Waals surface area contributed by atoms with Crippen LogP contribution in [0.15, 0.2) is 22.5 Å². The highest BCUT2D eigenvalue weighted by molar-refractivity contribution is 6.25. The Balaban J connectivity index is 1.49. The van der Waals surface area contributed by atoms with Gasteiger partial charge in [-0.05, 0) is 12.8 Å². The normalized spacial score (nSPS) is 32.1. The van der Waals surface area contributed by atoms with Gasteiger partial charge in [-0.15, -0.1) is 6.42 Å². The molecule has 35 heavy (non-hydrogen) atoms. The second-order valence-electron chi connectivity index (χ2n) is 8.65. The van der Waals surface area contributed by atoms with Gasteiger partial charge in [0.1, 0.15) is 12.6 Å². The fraction of sp³-hybridized carbons (Fsp3) is 0.500. The van der Waals surface area contributed by atoms with Gasteiger partial charge in [-0.1, -0.05) is 0 Å². The molecule has 4 aliphatic heterocycles. The minimum Gasteiger partial charge on any atom is -0.449 e. The van der Waals surface area contributed by atoms with E-state index in [-0.39, 0.29) is 29.1 Å². The number of ketones is 2. The van der Waals surface area contributed by atoms with Crippen LogP contribution in [0, 0.1) is 18.3 Å². The van der Waals surface area contributed by atoms with Gasteiger partial charge < -0.3 is 30.6 Å². The van der Waals surface area contributed by atoms with Gasteiger partial charge in [-0.2, -0.15) is 19.6 Å². The van der Waals surface area contributed by atoms with Crippen molar-refractivity contribution in [2.75, 3.05) is 20.3 Å². The molecule has 15 heteroatoms. The Morgan fingerprint density at radius 2 is 1.97 bits per heavy atom. The third kappa shape index (κ3) is 2.72. The van der Waals surface area contributed by atoms with E-state index in [1.165, 1.54) is 24.9 Å². The highest BCUT2D eigenvalue weighted by Gasteiger charge is 2.79. The molecule has 3 fully saturated rings. The summed E-state index contributed by atoms with van der Waals surface area (Å²) in [4.78, 5) is 53.1. The molecule has 4 heterocycles. The Hall–Kier alpha value is -3.74. The van der Waals surface area contributed by atoms with Crippen LogP contribution in [0.25, 0.3) is 0 Å². The van der Waals surface area contributed by atoms with Gasteiger partial charge in [0.05, 0.1) is 23.4 Å². The van der Waals surface area contributed by atoms with Gasteiger partial charge in [0.2, 0.25) is 11.6 Å². The lowest BCUT2D eigenvalue weighted by molar-refractivity contribution is -0.147. The average molecular weight is 494 g/mol. The fourth-order valence-electron chi connectivity index (χ4n) is 5.34. The molecular formula is C20H20F2N6O7. The SMILES string of the molecule is C#CC(F)(F)C1(OC(=O)N2[C@H]3[C@@H]2CN2C4=C(C(=O)C(N)=C(C)C4=O)[C@@H](COC(N)=O)[C@@]32OC)NN1. The Bertz CT molecular complexity index is 1200. The number of amides is 2. The number of hydrazine groups is 1. The van der Waals surface area contributed by atoms with E-state index in [1.807, 2.05) is 10.9 Å². The third-order valence-corrected chi connectivity index (χ3v) is 7.11. The Kier molecular flexibility index (Phi) is 4.54. The van der Waals surface area contributed by atoms with E-state index < -0.39 is 65.9 Å². The number of nitrogens with two attached hydrogens (primary N) is 2. The van der Waals surface area contributed by atoms with Crippen LogP contribution >= 0.6 is 0 Å². The lowest BCUT2D eigenvalue weighted by Gasteiger charge is -2.40. The van der Waals surface area contributed by atoms with Crippen molar-refractivity contribution < 1.29 is 42.2 Å². The first-order valence-electron chi connectivity index (χ1n) is 10.3. The van der Waals surface area contributed by atoms with Crippen molar-refractivity contribution in [3.63, 3.8) is 0 Å². The molecule has 0 spiro atoms. The summed E-state index contributed by atoms with van der Waals surface area (Å²) in [5.74, 6) is -7.42. The number of primary amides is 1. The van der Waals surface area contributed by atoms with Crippen molar-refractivity contribution in [1.29, 1.82) is 0 Å². The van der Waals surface area contributed by atoms with Crippen LogP contribution in [-0.2, 0) is 23.8 Å². The number of hydrogen-bond acceptors (Lipinski definition) is 11. The minimum atomic E-state index is -3.86. The molecule has 0 radical (unpaired) electrons. The van der Waals surface area contributed by atoms with Gasteiger partial charge in [0.15, 0.2) is 5.72 Å². The molecule has 0 aromatic heterocycles. The number of carbonyl (C=O) groups is 4. The fourth-order valence-corrected chi connectivity index (χ4v) is 5.34. The summed E-state index contributed by atoms with van der Waals surface area (Å²) in [6.45, 7) is 0.936. The Labute approximate surface area is 196 Å². The van der Waals surface area contributed by atoms with Gasteiger partial charge in [0, 0.05) is 24.8 Å². The average Bonchev–Trinajstić information content (AvgIpc) is 3.69. The molecule has 3 saturated heterocycles. The number of methoxy groups -OCH3 is 1. The molecule has 1 aliphatic carbocycles. The van der Waals surface area contributed by atoms with Crippen molar-refractivity contribution >= 4 is 23.8 Å². The number of nitrogens with zero attached hydrogens (tertiary/aromatic N) is 2. The van der Waals surface area contributed by atoms with Crippen molar-refractivity contribution in [3.05, 3.63) is 22.5 Å². The first-order valence-corrected chi connectivity index (χ1v) is 10.3. The molecule has 186 valence electrons. The summed E-state index contributed by atoms with van der Waals surface area (Å²) in [5, 5.41) is 0. The van der Waals surface area contributed by atoms with Gasteiger partial charge in [-0.25, -0.2) is 9.59 Å². The van der Waals surface area contributed by atoms with E-state index >= 15 is 0 Å². The van der Waals surface area contributed by atoms with E-state index in [2.05, 4.69) is 0 Å². The van der Waals surface area contributed by atoms with Crippen molar-refractivity contribution in [3.8, 4) is 12.3 Å². The highest BCUT2D eigenvalue weighted by Crippen LogP contribution is 2.60. The first-order chi connectivity index (χ1) is 16.4. The lowest BCUT2D eigenvalue weighted by atomic mass is 9.82. The maximum Gasteiger partial charge on any atom is 0.413 e. The van der Waals surface area contributed by atoms with E-state index in [9.17, 15) is 28.0 Å². The van der Waals surface area contributed by atoms with Crippen LogP contribution in [0.1, 0.15) is 6.92 Å². The molecule has 13 nitrogen and oxygen atoms in total. The van der Waals surface area contributed by atoms with E-state index in [0.717, 1.165) is 4.90 Å². The number of nitrogens with one attached hydrogen (secondary N) is 2.